The molecule has 0 saturated heterocycles. The average Bonchev–Trinajstić information content (AvgIpc) is 2.42. The Hall–Kier alpha value is -1.87. The molecule has 0 aliphatic heterocycles. The van der Waals surface area contributed by atoms with Crippen molar-refractivity contribution in [3.8, 4) is 0 Å². The van der Waals surface area contributed by atoms with Crippen LogP contribution in [0.1, 0.15) is 35.3 Å². The first-order valence-electron chi connectivity index (χ1n) is 7.50. The fourth-order valence-corrected chi connectivity index (χ4v) is 2.78. The predicted molar refractivity (Wildman–Crippen MR) is 87.8 cm³/mol. The zero-order valence-electron chi connectivity index (χ0n) is 13.3. The number of benzene rings is 1. The molecule has 0 amide bonds. The van der Waals surface area contributed by atoms with Crippen molar-refractivity contribution in [2.75, 3.05) is 6.54 Å². The highest BCUT2D eigenvalue weighted by molar-refractivity contribution is 5.33. The maximum atomic E-state index is 12.1. The lowest BCUT2D eigenvalue weighted by molar-refractivity contribution is 0.460. The largest absolute Gasteiger partial charge is 0.311 e. The van der Waals surface area contributed by atoms with Gasteiger partial charge in [0.05, 0.1) is 6.04 Å². The van der Waals surface area contributed by atoms with E-state index in [2.05, 4.69) is 44.3 Å². The summed E-state index contributed by atoms with van der Waals surface area (Å²) in [6.07, 6.45) is 0. The zero-order valence-corrected chi connectivity index (χ0v) is 13.3. The van der Waals surface area contributed by atoms with Crippen molar-refractivity contribution < 1.29 is 0 Å². The van der Waals surface area contributed by atoms with Gasteiger partial charge in [0.2, 0.25) is 0 Å². The first kappa shape index (κ1) is 15.5. The van der Waals surface area contributed by atoms with Gasteiger partial charge in [0, 0.05) is 18.3 Å². The Morgan fingerprint density at radius 3 is 2.52 bits per heavy atom. The van der Waals surface area contributed by atoms with E-state index in [1.165, 1.54) is 16.7 Å². The summed E-state index contributed by atoms with van der Waals surface area (Å²) in [5.74, 6) is 0. The highest BCUT2D eigenvalue weighted by Gasteiger charge is 2.15. The number of nitrogens with one attached hydrogen (secondary N) is 1. The number of likely N-dealkylation sites (N-methyl/N-ethyl adjacent to an activating group) is 1. The van der Waals surface area contributed by atoms with E-state index in [1.54, 1.807) is 6.07 Å². The second-order valence-electron chi connectivity index (χ2n) is 5.59. The molecule has 1 heterocycles. The zero-order chi connectivity index (χ0) is 15.4. The van der Waals surface area contributed by atoms with E-state index in [-0.39, 0.29) is 11.6 Å². The van der Waals surface area contributed by atoms with Gasteiger partial charge in [0.1, 0.15) is 0 Å². The molecule has 0 saturated carbocycles. The van der Waals surface area contributed by atoms with Crippen LogP contribution in [0, 0.1) is 20.8 Å². The third-order valence-corrected chi connectivity index (χ3v) is 3.88. The summed E-state index contributed by atoms with van der Waals surface area (Å²) in [5, 5.41) is 3.50. The Morgan fingerprint density at radius 2 is 1.90 bits per heavy atom. The summed E-state index contributed by atoms with van der Waals surface area (Å²) in [6, 6.07) is 12.1. The molecule has 1 aromatic heterocycles. The van der Waals surface area contributed by atoms with E-state index in [0.717, 1.165) is 12.2 Å². The Kier molecular flexibility index (Phi) is 4.97. The summed E-state index contributed by atoms with van der Waals surface area (Å²) in [6.45, 7) is 9.84. The highest BCUT2D eigenvalue weighted by atomic mass is 16.1. The second-order valence-corrected chi connectivity index (χ2v) is 5.59. The number of aryl methyl sites for hydroxylation is 3. The van der Waals surface area contributed by atoms with Gasteiger partial charge in [0.15, 0.2) is 0 Å². The van der Waals surface area contributed by atoms with Crippen molar-refractivity contribution in [3.63, 3.8) is 0 Å². The SMILES string of the molecule is CCNC(Cn1c(C)cccc1=O)c1ccc(C)cc1C. The van der Waals surface area contributed by atoms with Crippen molar-refractivity contribution in [1.82, 2.24) is 9.88 Å². The molecule has 0 aliphatic carbocycles. The van der Waals surface area contributed by atoms with Crippen LogP contribution in [0.4, 0.5) is 0 Å². The maximum Gasteiger partial charge on any atom is 0.250 e. The van der Waals surface area contributed by atoms with Crippen molar-refractivity contribution in [3.05, 3.63) is 69.1 Å². The second kappa shape index (κ2) is 6.72. The minimum Gasteiger partial charge on any atom is -0.311 e. The molecule has 112 valence electrons. The number of nitrogens with zero attached hydrogens (tertiary/aromatic N) is 1. The molecule has 21 heavy (non-hydrogen) atoms. The van der Waals surface area contributed by atoms with Crippen molar-refractivity contribution in [1.29, 1.82) is 0 Å². The number of pyridine rings is 1. The van der Waals surface area contributed by atoms with Crippen LogP contribution in [0.25, 0.3) is 0 Å². The Morgan fingerprint density at radius 1 is 1.14 bits per heavy atom. The van der Waals surface area contributed by atoms with Crippen LogP contribution in [-0.4, -0.2) is 11.1 Å². The minimum absolute atomic E-state index is 0.0580. The Bertz CT molecular complexity index is 673. The lowest BCUT2D eigenvalue weighted by Crippen LogP contribution is -2.31. The van der Waals surface area contributed by atoms with E-state index in [0.29, 0.717) is 6.54 Å². The molecule has 1 N–H and O–H groups in total. The van der Waals surface area contributed by atoms with Crippen LogP contribution in [-0.2, 0) is 6.54 Å². The van der Waals surface area contributed by atoms with Gasteiger partial charge in [-0.15, -0.1) is 0 Å². The first-order chi connectivity index (χ1) is 10.0. The van der Waals surface area contributed by atoms with Gasteiger partial charge in [-0.1, -0.05) is 36.8 Å². The van der Waals surface area contributed by atoms with E-state index >= 15 is 0 Å². The molecule has 0 fully saturated rings. The summed E-state index contributed by atoms with van der Waals surface area (Å²) < 4.78 is 1.84. The average molecular weight is 284 g/mol. The first-order valence-corrected chi connectivity index (χ1v) is 7.50. The number of aromatic nitrogens is 1. The number of rotatable bonds is 5. The van der Waals surface area contributed by atoms with Crippen LogP contribution in [0.15, 0.2) is 41.2 Å². The molecular weight excluding hydrogens is 260 g/mol. The van der Waals surface area contributed by atoms with Crippen LogP contribution in [0.3, 0.4) is 0 Å². The van der Waals surface area contributed by atoms with E-state index in [9.17, 15) is 4.79 Å². The maximum absolute atomic E-state index is 12.1. The van der Waals surface area contributed by atoms with Gasteiger partial charge >= 0.3 is 0 Å². The number of hydrogen-bond donors (Lipinski definition) is 1. The fraction of sp³-hybridized carbons (Fsp3) is 0.389. The molecule has 0 bridgehead atoms. The summed E-state index contributed by atoms with van der Waals surface area (Å²) in [4.78, 5) is 12.1. The van der Waals surface area contributed by atoms with Gasteiger partial charge in [-0.3, -0.25) is 4.79 Å². The van der Waals surface area contributed by atoms with Crippen molar-refractivity contribution in [2.24, 2.45) is 0 Å². The molecular formula is C18H24N2O. The van der Waals surface area contributed by atoms with E-state index in [4.69, 9.17) is 0 Å². The Balaban J connectivity index is 2.38. The Labute approximate surface area is 126 Å². The molecule has 3 heteroatoms. The van der Waals surface area contributed by atoms with Gasteiger partial charge < -0.3 is 9.88 Å². The third kappa shape index (κ3) is 3.61. The lowest BCUT2D eigenvalue weighted by Gasteiger charge is -2.23. The van der Waals surface area contributed by atoms with E-state index < -0.39 is 0 Å². The van der Waals surface area contributed by atoms with Gasteiger partial charge in [-0.05, 0) is 44.5 Å². The topological polar surface area (TPSA) is 34.0 Å². The van der Waals surface area contributed by atoms with Crippen LogP contribution >= 0.6 is 0 Å². The summed E-state index contributed by atoms with van der Waals surface area (Å²) in [7, 11) is 0. The van der Waals surface area contributed by atoms with Gasteiger partial charge in [0.25, 0.3) is 5.56 Å². The standard InChI is InChI=1S/C18H24N2O/c1-5-19-17(16-10-9-13(2)11-14(16)3)12-20-15(4)7-6-8-18(20)21/h6-11,17,19H,5,12H2,1-4H3. The van der Waals surface area contributed by atoms with Crippen molar-refractivity contribution in [2.45, 2.75) is 40.3 Å². The molecule has 0 radical (unpaired) electrons. The normalized spacial score (nSPS) is 12.4. The molecule has 1 unspecified atom stereocenters. The molecule has 2 aromatic rings. The van der Waals surface area contributed by atoms with Crippen LogP contribution in [0.5, 0.6) is 0 Å². The predicted octanol–water partition coefficient (Wildman–Crippen LogP) is 3.12. The van der Waals surface area contributed by atoms with E-state index in [1.807, 2.05) is 23.6 Å². The van der Waals surface area contributed by atoms with Crippen molar-refractivity contribution >= 4 is 0 Å². The van der Waals surface area contributed by atoms with Crippen LogP contribution < -0.4 is 10.9 Å². The lowest BCUT2D eigenvalue weighted by atomic mass is 9.99. The minimum atomic E-state index is 0.0580. The molecule has 0 spiro atoms. The molecule has 1 aromatic carbocycles. The monoisotopic (exact) mass is 284 g/mol. The number of hydrogen-bond acceptors (Lipinski definition) is 2. The molecule has 0 aliphatic rings. The smallest absolute Gasteiger partial charge is 0.250 e. The molecule has 1 atom stereocenters. The summed E-state index contributed by atoms with van der Waals surface area (Å²) in [5.41, 5.74) is 4.84. The quantitative estimate of drug-likeness (QED) is 0.915. The van der Waals surface area contributed by atoms with Crippen LogP contribution in [0.2, 0.25) is 0 Å². The van der Waals surface area contributed by atoms with Gasteiger partial charge in [-0.2, -0.15) is 0 Å². The third-order valence-electron chi connectivity index (χ3n) is 3.88. The van der Waals surface area contributed by atoms with Gasteiger partial charge in [-0.25, -0.2) is 0 Å². The summed E-state index contributed by atoms with van der Waals surface area (Å²) >= 11 is 0. The highest BCUT2D eigenvalue weighted by Crippen LogP contribution is 2.20. The molecule has 3 nitrogen and oxygen atoms in total. The molecule has 2 rings (SSSR count). The fourth-order valence-electron chi connectivity index (χ4n) is 2.78.